The SMILES string of the molecule is CC1(NCC2COCC2N)CCCOC1. The van der Waals surface area contributed by atoms with Crippen molar-refractivity contribution in [2.75, 3.05) is 33.0 Å². The normalized spacial score (nSPS) is 42.0. The second-order valence-electron chi connectivity index (χ2n) is 5.06. The molecule has 4 nitrogen and oxygen atoms in total. The minimum Gasteiger partial charge on any atom is -0.380 e. The van der Waals surface area contributed by atoms with Crippen molar-refractivity contribution in [2.24, 2.45) is 11.7 Å². The Labute approximate surface area is 91.5 Å². The van der Waals surface area contributed by atoms with Gasteiger partial charge in [-0.1, -0.05) is 0 Å². The van der Waals surface area contributed by atoms with E-state index in [1.165, 1.54) is 6.42 Å². The monoisotopic (exact) mass is 214 g/mol. The number of hydrogen-bond donors (Lipinski definition) is 2. The van der Waals surface area contributed by atoms with E-state index in [-0.39, 0.29) is 11.6 Å². The van der Waals surface area contributed by atoms with Crippen molar-refractivity contribution in [3.8, 4) is 0 Å². The van der Waals surface area contributed by atoms with Crippen LogP contribution in [0.5, 0.6) is 0 Å². The molecule has 2 rings (SSSR count). The van der Waals surface area contributed by atoms with Crippen molar-refractivity contribution in [3.05, 3.63) is 0 Å². The number of nitrogens with one attached hydrogen (secondary N) is 1. The Morgan fingerprint density at radius 2 is 2.27 bits per heavy atom. The molecule has 0 radical (unpaired) electrons. The Hall–Kier alpha value is -0.160. The summed E-state index contributed by atoms with van der Waals surface area (Å²) in [5.41, 5.74) is 6.08. The third kappa shape index (κ3) is 2.91. The molecule has 2 fully saturated rings. The fourth-order valence-corrected chi connectivity index (χ4v) is 2.28. The fourth-order valence-electron chi connectivity index (χ4n) is 2.28. The summed E-state index contributed by atoms with van der Waals surface area (Å²) in [6, 6.07) is 0.200. The van der Waals surface area contributed by atoms with Crippen molar-refractivity contribution in [2.45, 2.75) is 31.3 Å². The van der Waals surface area contributed by atoms with Crippen LogP contribution < -0.4 is 11.1 Å². The zero-order chi connectivity index (χ0) is 10.7. The lowest BCUT2D eigenvalue weighted by Crippen LogP contribution is -2.52. The van der Waals surface area contributed by atoms with Gasteiger partial charge in [0.2, 0.25) is 0 Å². The van der Waals surface area contributed by atoms with Crippen molar-refractivity contribution in [1.29, 1.82) is 0 Å². The molecule has 0 saturated carbocycles. The van der Waals surface area contributed by atoms with E-state index in [1.807, 2.05) is 0 Å². The van der Waals surface area contributed by atoms with E-state index in [1.54, 1.807) is 0 Å². The van der Waals surface area contributed by atoms with Gasteiger partial charge in [0.15, 0.2) is 0 Å². The summed E-state index contributed by atoms with van der Waals surface area (Å²) in [6.45, 7) is 6.40. The van der Waals surface area contributed by atoms with Gasteiger partial charge in [0, 0.05) is 30.7 Å². The maximum absolute atomic E-state index is 5.94. The molecular weight excluding hydrogens is 192 g/mol. The minimum absolute atomic E-state index is 0.139. The average Bonchev–Trinajstić information content (AvgIpc) is 2.62. The van der Waals surface area contributed by atoms with Crippen molar-refractivity contribution < 1.29 is 9.47 Å². The fraction of sp³-hybridized carbons (Fsp3) is 1.00. The first-order chi connectivity index (χ1) is 7.20. The molecule has 15 heavy (non-hydrogen) atoms. The summed E-state index contributed by atoms with van der Waals surface area (Å²) in [4.78, 5) is 0. The van der Waals surface area contributed by atoms with Gasteiger partial charge < -0.3 is 20.5 Å². The van der Waals surface area contributed by atoms with Crippen molar-refractivity contribution in [1.82, 2.24) is 5.32 Å². The van der Waals surface area contributed by atoms with E-state index in [2.05, 4.69) is 12.2 Å². The van der Waals surface area contributed by atoms with Crippen LogP contribution in [0, 0.1) is 5.92 Å². The zero-order valence-electron chi connectivity index (χ0n) is 9.50. The predicted octanol–water partition coefficient (Wildman–Crippen LogP) is 0.119. The van der Waals surface area contributed by atoms with Gasteiger partial charge in [-0.3, -0.25) is 0 Å². The van der Waals surface area contributed by atoms with Crippen LogP contribution in [-0.2, 0) is 9.47 Å². The van der Waals surface area contributed by atoms with Gasteiger partial charge in [0.25, 0.3) is 0 Å². The van der Waals surface area contributed by atoms with E-state index in [4.69, 9.17) is 15.2 Å². The van der Waals surface area contributed by atoms with Crippen molar-refractivity contribution >= 4 is 0 Å². The van der Waals surface area contributed by atoms with Crippen LogP contribution in [0.15, 0.2) is 0 Å². The molecule has 0 aromatic carbocycles. The molecular formula is C11H22N2O2. The molecule has 3 atom stereocenters. The highest BCUT2D eigenvalue weighted by Crippen LogP contribution is 2.19. The lowest BCUT2D eigenvalue weighted by atomic mass is 9.93. The molecule has 2 aliphatic heterocycles. The number of ether oxygens (including phenoxy) is 2. The highest BCUT2D eigenvalue weighted by atomic mass is 16.5. The summed E-state index contributed by atoms with van der Waals surface area (Å²) < 4.78 is 10.8. The molecule has 2 saturated heterocycles. The highest BCUT2D eigenvalue weighted by molar-refractivity contribution is 4.88. The van der Waals surface area contributed by atoms with Crippen LogP contribution in [0.1, 0.15) is 19.8 Å². The molecule has 4 heteroatoms. The summed E-state index contributed by atoms with van der Waals surface area (Å²) in [5, 5.41) is 3.59. The Kier molecular flexibility index (Phi) is 3.61. The molecule has 0 amide bonds. The van der Waals surface area contributed by atoms with Gasteiger partial charge in [0.05, 0.1) is 19.8 Å². The van der Waals surface area contributed by atoms with E-state index in [0.29, 0.717) is 12.5 Å². The van der Waals surface area contributed by atoms with E-state index in [0.717, 1.165) is 32.8 Å². The van der Waals surface area contributed by atoms with Gasteiger partial charge in [-0.05, 0) is 19.8 Å². The second-order valence-corrected chi connectivity index (χ2v) is 5.06. The smallest absolute Gasteiger partial charge is 0.0645 e. The first-order valence-electron chi connectivity index (χ1n) is 5.86. The standard InChI is InChI=1S/C11H22N2O2/c1-11(3-2-4-14-8-11)13-5-9-6-15-7-10(9)12/h9-10,13H,2-8,12H2,1H3. The highest BCUT2D eigenvalue weighted by Gasteiger charge is 2.30. The maximum atomic E-state index is 5.94. The first kappa shape index (κ1) is 11.3. The summed E-state index contributed by atoms with van der Waals surface area (Å²) in [5.74, 6) is 0.462. The molecule has 2 aliphatic rings. The molecule has 2 heterocycles. The third-order valence-electron chi connectivity index (χ3n) is 3.48. The quantitative estimate of drug-likeness (QED) is 0.700. The van der Waals surface area contributed by atoms with Crippen LogP contribution in [-0.4, -0.2) is 44.6 Å². The Balaban J connectivity index is 1.76. The summed E-state index contributed by atoms with van der Waals surface area (Å²) >= 11 is 0. The van der Waals surface area contributed by atoms with Gasteiger partial charge in [-0.25, -0.2) is 0 Å². The number of nitrogens with two attached hydrogens (primary N) is 1. The van der Waals surface area contributed by atoms with Crippen LogP contribution in [0.4, 0.5) is 0 Å². The summed E-state index contributed by atoms with van der Waals surface area (Å²) in [6.07, 6.45) is 2.34. The van der Waals surface area contributed by atoms with Gasteiger partial charge >= 0.3 is 0 Å². The Bertz CT molecular complexity index is 205. The Morgan fingerprint density at radius 1 is 1.40 bits per heavy atom. The predicted molar refractivity (Wildman–Crippen MR) is 58.7 cm³/mol. The minimum atomic E-state index is 0.139. The molecule has 0 aliphatic carbocycles. The largest absolute Gasteiger partial charge is 0.380 e. The van der Waals surface area contributed by atoms with E-state index < -0.39 is 0 Å². The summed E-state index contributed by atoms with van der Waals surface area (Å²) in [7, 11) is 0. The van der Waals surface area contributed by atoms with Gasteiger partial charge in [0.1, 0.15) is 0 Å². The van der Waals surface area contributed by atoms with Crippen LogP contribution in [0.25, 0.3) is 0 Å². The number of rotatable bonds is 3. The molecule has 0 aromatic heterocycles. The second kappa shape index (κ2) is 4.78. The van der Waals surface area contributed by atoms with E-state index >= 15 is 0 Å². The third-order valence-corrected chi connectivity index (χ3v) is 3.48. The van der Waals surface area contributed by atoms with Crippen LogP contribution in [0.3, 0.4) is 0 Å². The molecule has 0 bridgehead atoms. The van der Waals surface area contributed by atoms with Gasteiger partial charge in [-0.2, -0.15) is 0 Å². The average molecular weight is 214 g/mol. The topological polar surface area (TPSA) is 56.5 Å². The Morgan fingerprint density at radius 3 is 2.87 bits per heavy atom. The van der Waals surface area contributed by atoms with Gasteiger partial charge in [-0.15, -0.1) is 0 Å². The molecule has 3 N–H and O–H groups in total. The van der Waals surface area contributed by atoms with Crippen LogP contribution >= 0.6 is 0 Å². The molecule has 0 aromatic rings. The zero-order valence-corrected chi connectivity index (χ0v) is 9.50. The van der Waals surface area contributed by atoms with Crippen LogP contribution in [0.2, 0.25) is 0 Å². The lowest BCUT2D eigenvalue weighted by Gasteiger charge is -2.35. The van der Waals surface area contributed by atoms with E-state index in [9.17, 15) is 0 Å². The number of hydrogen-bond acceptors (Lipinski definition) is 4. The maximum Gasteiger partial charge on any atom is 0.0645 e. The molecule has 88 valence electrons. The first-order valence-corrected chi connectivity index (χ1v) is 5.86. The van der Waals surface area contributed by atoms with Crippen molar-refractivity contribution in [3.63, 3.8) is 0 Å². The lowest BCUT2D eigenvalue weighted by molar-refractivity contribution is 0.0264. The molecule has 3 unspecified atom stereocenters. The molecule has 0 spiro atoms.